The number of ether oxygens (including phenoxy) is 1. The predicted molar refractivity (Wildman–Crippen MR) is 90.7 cm³/mol. The maximum Gasteiger partial charge on any atom is 0.254 e. The average molecular weight is 367 g/mol. The Morgan fingerprint density at radius 1 is 0.923 bits per heavy atom. The zero-order chi connectivity index (χ0) is 18.5. The summed E-state index contributed by atoms with van der Waals surface area (Å²) in [4.78, 5) is 30.3. The van der Waals surface area contributed by atoms with E-state index in [1.54, 1.807) is 9.80 Å². The number of benzene rings is 1. The van der Waals surface area contributed by atoms with Gasteiger partial charge in [0.05, 0.1) is 13.2 Å². The van der Waals surface area contributed by atoms with E-state index in [1.807, 2.05) is 0 Å². The molecule has 0 aliphatic carbocycles. The quantitative estimate of drug-likeness (QED) is 0.796. The standard InChI is InChI=1S/C18H23F2N3O3/c19-15-2-1-14(13-16(15)20)18(25)23-7-5-22(6-8-23)17(24)3-4-21-9-11-26-12-10-21/h1-2,13H,3-12H2. The van der Waals surface area contributed by atoms with Gasteiger partial charge in [-0.1, -0.05) is 0 Å². The maximum atomic E-state index is 13.3. The summed E-state index contributed by atoms with van der Waals surface area (Å²) in [6.45, 7) is 5.53. The van der Waals surface area contributed by atoms with Crippen LogP contribution < -0.4 is 0 Å². The molecule has 2 aliphatic heterocycles. The molecule has 3 rings (SSSR count). The van der Waals surface area contributed by atoms with Gasteiger partial charge >= 0.3 is 0 Å². The highest BCUT2D eigenvalue weighted by molar-refractivity contribution is 5.94. The van der Waals surface area contributed by atoms with Crippen LogP contribution in [0.2, 0.25) is 0 Å². The van der Waals surface area contributed by atoms with Gasteiger partial charge in [-0.15, -0.1) is 0 Å². The first-order valence-corrected chi connectivity index (χ1v) is 8.87. The van der Waals surface area contributed by atoms with Crippen LogP contribution in [0.4, 0.5) is 8.78 Å². The Morgan fingerprint density at radius 3 is 2.23 bits per heavy atom. The highest BCUT2D eigenvalue weighted by atomic mass is 19.2. The van der Waals surface area contributed by atoms with Crippen LogP contribution in [-0.4, -0.2) is 85.5 Å². The molecular formula is C18H23F2N3O3. The van der Waals surface area contributed by atoms with E-state index in [0.717, 1.165) is 31.8 Å². The molecule has 2 amide bonds. The zero-order valence-corrected chi connectivity index (χ0v) is 14.6. The lowest BCUT2D eigenvalue weighted by atomic mass is 10.1. The summed E-state index contributed by atoms with van der Waals surface area (Å²) in [5.74, 6) is -2.27. The van der Waals surface area contributed by atoms with Crippen molar-refractivity contribution in [1.29, 1.82) is 0 Å². The molecule has 2 fully saturated rings. The fourth-order valence-corrected chi connectivity index (χ4v) is 3.21. The van der Waals surface area contributed by atoms with E-state index in [-0.39, 0.29) is 17.4 Å². The molecule has 26 heavy (non-hydrogen) atoms. The number of halogens is 2. The second-order valence-corrected chi connectivity index (χ2v) is 6.51. The van der Waals surface area contributed by atoms with Crippen molar-refractivity contribution in [3.8, 4) is 0 Å². The van der Waals surface area contributed by atoms with Crippen LogP contribution in [0.5, 0.6) is 0 Å². The van der Waals surface area contributed by atoms with Gasteiger partial charge in [-0.05, 0) is 18.2 Å². The number of carbonyl (C=O) groups excluding carboxylic acids is 2. The Bertz CT molecular complexity index is 657. The summed E-state index contributed by atoms with van der Waals surface area (Å²) in [6.07, 6.45) is 0.455. The van der Waals surface area contributed by atoms with Gasteiger partial charge in [0.15, 0.2) is 11.6 Å². The Balaban J connectivity index is 1.46. The number of piperazine rings is 1. The van der Waals surface area contributed by atoms with Gasteiger partial charge in [-0.2, -0.15) is 0 Å². The summed E-state index contributed by atoms with van der Waals surface area (Å²) in [5, 5.41) is 0. The number of carbonyl (C=O) groups is 2. The van der Waals surface area contributed by atoms with Crippen LogP contribution in [0.3, 0.4) is 0 Å². The molecule has 2 saturated heterocycles. The van der Waals surface area contributed by atoms with Crippen LogP contribution in [0, 0.1) is 11.6 Å². The normalized spacial score (nSPS) is 18.8. The Morgan fingerprint density at radius 2 is 1.58 bits per heavy atom. The topological polar surface area (TPSA) is 53.1 Å². The van der Waals surface area contributed by atoms with Gasteiger partial charge in [0.1, 0.15) is 0 Å². The van der Waals surface area contributed by atoms with Crippen molar-refractivity contribution in [2.24, 2.45) is 0 Å². The highest BCUT2D eigenvalue weighted by Crippen LogP contribution is 2.13. The van der Waals surface area contributed by atoms with Crippen LogP contribution in [0.15, 0.2) is 18.2 Å². The van der Waals surface area contributed by atoms with Crippen molar-refractivity contribution in [2.45, 2.75) is 6.42 Å². The maximum absolute atomic E-state index is 13.3. The molecule has 1 aromatic carbocycles. The summed E-state index contributed by atoms with van der Waals surface area (Å²) < 4.78 is 31.6. The summed E-state index contributed by atoms with van der Waals surface area (Å²) >= 11 is 0. The molecule has 6 nitrogen and oxygen atoms in total. The van der Waals surface area contributed by atoms with Crippen molar-refractivity contribution in [1.82, 2.24) is 14.7 Å². The number of morpholine rings is 1. The minimum atomic E-state index is -1.03. The first-order valence-electron chi connectivity index (χ1n) is 8.87. The van der Waals surface area contributed by atoms with Gasteiger partial charge in [0, 0.05) is 57.8 Å². The molecule has 0 unspecified atom stereocenters. The molecule has 0 spiro atoms. The number of hydrogen-bond acceptors (Lipinski definition) is 4. The van der Waals surface area contributed by atoms with Crippen molar-refractivity contribution < 1.29 is 23.1 Å². The Hall–Kier alpha value is -2.06. The molecule has 0 atom stereocenters. The molecule has 8 heteroatoms. The van der Waals surface area contributed by atoms with Crippen molar-refractivity contribution in [2.75, 3.05) is 59.0 Å². The number of hydrogen-bond donors (Lipinski definition) is 0. The van der Waals surface area contributed by atoms with Crippen molar-refractivity contribution in [3.05, 3.63) is 35.4 Å². The second kappa shape index (κ2) is 8.55. The Labute approximate surface area is 151 Å². The van der Waals surface area contributed by atoms with Crippen LogP contribution >= 0.6 is 0 Å². The third kappa shape index (κ3) is 4.56. The van der Waals surface area contributed by atoms with E-state index < -0.39 is 11.6 Å². The molecule has 1 aromatic rings. The summed E-state index contributed by atoms with van der Waals surface area (Å²) in [6, 6.07) is 3.14. The van der Waals surface area contributed by atoms with Crippen LogP contribution in [0.25, 0.3) is 0 Å². The average Bonchev–Trinajstić information content (AvgIpc) is 2.68. The van der Waals surface area contributed by atoms with Gasteiger partial charge in [-0.3, -0.25) is 14.5 Å². The first kappa shape index (κ1) is 18.7. The minimum absolute atomic E-state index is 0.0800. The molecule has 0 bridgehead atoms. The zero-order valence-electron chi connectivity index (χ0n) is 14.6. The van der Waals surface area contributed by atoms with E-state index in [2.05, 4.69) is 4.90 Å². The lowest BCUT2D eigenvalue weighted by Gasteiger charge is -2.35. The van der Waals surface area contributed by atoms with E-state index in [9.17, 15) is 18.4 Å². The molecule has 0 radical (unpaired) electrons. The first-order chi connectivity index (χ1) is 12.5. The Kier molecular flexibility index (Phi) is 6.16. The van der Waals surface area contributed by atoms with E-state index in [0.29, 0.717) is 45.8 Å². The molecule has 2 aliphatic rings. The predicted octanol–water partition coefficient (Wildman–Crippen LogP) is 0.971. The van der Waals surface area contributed by atoms with Gasteiger partial charge in [0.2, 0.25) is 5.91 Å². The third-order valence-electron chi connectivity index (χ3n) is 4.83. The van der Waals surface area contributed by atoms with Gasteiger partial charge in [0.25, 0.3) is 5.91 Å². The SMILES string of the molecule is O=C(CCN1CCOCC1)N1CCN(C(=O)c2ccc(F)c(F)c2)CC1. The molecule has 2 heterocycles. The fourth-order valence-electron chi connectivity index (χ4n) is 3.21. The van der Waals surface area contributed by atoms with Gasteiger partial charge in [-0.25, -0.2) is 8.78 Å². The fraction of sp³-hybridized carbons (Fsp3) is 0.556. The van der Waals surface area contributed by atoms with Crippen LogP contribution in [0.1, 0.15) is 16.8 Å². The van der Waals surface area contributed by atoms with Gasteiger partial charge < -0.3 is 14.5 Å². The molecule has 0 N–H and O–H groups in total. The highest BCUT2D eigenvalue weighted by Gasteiger charge is 2.25. The second-order valence-electron chi connectivity index (χ2n) is 6.51. The van der Waals surface area contributed by atoms with E-state index in [1.165, 1.54) is 6.07 Å². The molecule has 0 saturated carbocycles. The number of nitrogens with zero attached hydrogens (tertiary/aromatic N) is 3. The summed E-state index contributed by atoms with van der Waals surface area (Å²) in [7, 11) is 0. The smallest absolute Gasteiger partial charge is 0.254 e. The van der Waals surface area contributed by atoms with E-state index in [4.69, 9.17) is 4.74 Å². The largest absolute Gasteiger partial charge is 0.379 e. The summed E-state index contributed by atoms with van der Waals surface area (Å²) in [5.41, 5.74) is 0.121. The van der Waals surface area contributed by atoms with Crippen molar-refractivity contribution >= 4 is 11.8 Å². The lowest BCUT2D eigenvalue weighted by molar-refractivity contribution is -0.133. The number of rotatable bonds is 4. The minimum Gasteiger partial charge on any atom is -0.379 e. The lowest BCUT2D eigenvalue weighted by Crippen LogP contribution is -2.51. The monoisotopic (exact) mass is 367 g/mol. The molecular weight excluding hydrogens is 344 g/mol. The van der Waals surface area contributed by atoms with Crippen molar-refractivity contribution in [3.63, 3.8) is 0 Å². The van der Waals surface area contributed by atoms with Crippen LogP contribution in [-0.2, 0) is 9.53 Å². The van der Waals surface area contributed by atoms with E-state index >= 15 is 0 Å². The number of amides is 2. The third-order valence-corrected chi connectivity index (χ3v) is 4.83. The molecule has 142 valence electrons. The molecule has 0 aromatic heterocycles.